The van der Waals surface area contributed by atoms with Gasteiger partial charge >= 0.3 is 0 Å². The fourth-order valence-electron chi connectivity index (χ4n) is 1.25. The van der Waals surface area contributed by atoms with Gasteiger partial charge in [-0.3, -0.25) is 4.68 Å². The summed E-state index contributed by atoms with van der Waals surface area (Å²) in [4.78, 5) is 0. The molecule has 0 aromatic carbocycles. The SMILES string of the molecule is Cc1c(F)nn(C(C)(C)C)c1C(F)F. The van der Waals surface area contributed by atoms with Crippen LogP contribution in [-0.2, 0) is 5.54 Å². The van der Waals surface area contributed by atoms with Gasteiger partial charge in [-0.05, 0) is 27.7 Å². The zero-order chi connectivity index (χ0) is 11.1. The first-order valence-corrected chi connectivity index (χ1v) is 4.28. The summed E-state index contributed by atoms with van der Waals surface area (Å²) in [6.45, 7) is 6.41. The molecule has 0 aliphatic carbocycles. The number of nitrogens with zero attached hydrogens (tertiary/aromatic N) is 2. The van der Waals surface area contributed by atoms with Crippen LogP contribution in [0.3, 0.4) is 0 Å². The van der Waals surface area contributed by atoms with Gasteiger partial charge in [-0.1, -0.05) is 0 Å². The smallest absolute Gasteiger partial charge is 0.255 e. The minimum absolute atomic E-state index is 0.0741. The molecule has 0 N–H and O–H groups in total. The largest absolute Gasteiger partial charge is 0.280 e. The quantitative estimate of drug-likeness (QED) is 0.690. The van der Waals surface area contributed by atoms with Crippen molar-refractivity contribution in [2.75, 3.05) is 0 Å². The molecule has 1 heterocycles. The number of halogens is 3. The van der Waals surface area contributed by atoms with Crippen molar-refractivity contribution < 1.29 is 13.2 Å². The third-order valence-corrected chi connectivity index (χ3v) is 1.95. The fraction of sp³-hybridized carbons (Fsp3) is 0.667. The van der Waals surface area contributed by atoms with Crippen LogP contribution in [0.2, 0.25) is 0 Å². The molecule has 0 radical (unpaired) electrons. The van der Waals surface area contributed by atoms with Crippen LogP contribution in [0, 0.1) is 12.9 Å². The molecule has 0 aliphatic heterocycles. The van der Waals surface area contributed by atoms with Crippen molar-refractivity contribution in [3.63, 3.8) is 0 Å². The summed E-state index contributed by atoms with van der Waals surface area (Å²) < 4.78 is 39.3. The first kappa shape index (κ1) is 11.1. The predicted molar refractivity (Wildman–Crippen MR) is 46.9 cm³/mol. The first-order valence-electron chi connectivity index (χ1n) is 4.28. The molecular weight excluding hydrogens is 193 g/mol. The molecule has 0 saturated carbocycles. The van der Waals surface area contributed by atoms with Gasteiger partial charge in [-0.15, -0.1) is 5.10 Å². The van der Waals surface area contributed by atoms with Crippen LogP contribution in [-0.4, -0.2) is 9.78 Å². The summed E-state index contributed by atoms with van der Waals surface area (Å²) in [7, 11) is 0. The molecule has 0 spiro atoms. The molecule has 0 aliphatic rings. The van der Waals surface area contributed by atoms with Crippen LogP contribution >= 0.6 is 0 Å². The van der Waals surface area contributed by atoms with E-state index in [0.29, 0.717) is 0 Å². The maximum atomic E-state index is 13.0. The van der Waals surface area contributed by atoms with Crippen LogP contribution in [0.1, 0.15) is 38.5 Å². The maximum Gasteiger partial charge on any atom is 0.280 e. The topological polar surface area (TPSA) is 17.8 Å². The Bertz CT molecular complexity index is 337. The van der Waals surface area contributed by atoms with Crippen LogP contribution < -0.4 is 0 Å². The van der Waals surface area contributed by atoms with Crippen molar-refractivity contribution in [3.8, 4) is 0 Å². The molecule has 5 heteroatoms. The lowest BCUT2D eigenvalue weighted by atomic mass is 10.1. The second kappa shape index (κ2) is 3.29. The standard InChI is InChI=1S/C9H13F3N2/c1-5-6(7(10)11)14(9(2,3)4)13-8(5)12/h7H,1-4H3. The molecule has 0 fully saturated rings. The van der Waals surface area contributed by atoms with Gasteiger partial charge in [-0.25, -0.2) is 8.78 Å². The average molecular weight is 206 g/mol. The van der Waals surface area contributed by atoms with Crippen molar-refractivity contribution in [1.29, 1.82) is 0 Å². The monoisotopic (exact) mass is 206 g/mol. The molecule has 1 aromatic heterocycles. The Kier molecular flexibility index (Phi) is 2.61. The highest BCUT2D eigenvalue weighted by molar-refractivity contribution is 5.19. The molecular formula is C9H13F3N2. The normalized spacial score (nSPS) is 12.6. The van der Waals surface area contributed by atoms with E-state index in [-0.39, 0.29) is 11.3 Å². The summed E-state index contributed by atoms with van der Waals surface area (Å²) >= 11 is 0. The second-order valence-corrected chi connectivity index (χ2v) is 4.18. The van der Waals surface area contributed by atoms with Gasteiger partial charge in [0.15, 0.2) is 0 Å². The van der Waals surface area contributed by atoms with E-state index >= 15 is 0 Å². The molecule has 14 heavy (non-hydrogen) atoms. The Labute approximate surface area is 80.7 Å². The summed E-state index contributed by atoms with van der Waals surface area (Å²) in [5.41, 5.74) is -1.05. The van der Waals surface area contributed by atoms with Gasteiger partial charge in [-0.2, -0.15) is 4.39 Å². The van der Waals surface area contributed by atoms with Gasteiger partial charge < -0.3 is 0 Å². The second-order valence-electron chi connectivity index (χ2n) is 4.18. The van der Waals surface area contributed by atoms with Crippen molar-refractivity contribution in [1.82, 2.24) is 9.78 Å². The molecule has 0 saturated heterocycles. The molecule has 0 bridgehead atoms. The Morgan fingerprint density at radius 2 is 1.79 bits per heavy atom. The van der Waals surface area contributed by atoms with Crippen molar-refractivity contribution in [2.45, 2.75) is 39.7 Å². The van der Waals surface area contributed by atoms with Crippen LogP contribution in [0.25, 0.3) is 0 Å². The van der Waals surface area contributed by atoms with Crippen molar-refractivity contribution >= 4 is 0 Å². The first-order chi connectivity index (χ1) is 6.25. The van der Waals surface area contributed by atoms with E-state index in [4.69, 9.17) is 0 Å². The molecule has 0 amide bonds. The van der Waals surface area contributed by atoms with E-state index in [0.717, 1.165) is 4.68 Å². The minimum atomic E-state index is -2.70. The molecule has 1 rings (SSSR count). The lowest BCUT2D eigenvalue weighted by molar-refractivity contribution is 0.129. The zero-order valence-electron chi connectivity index (χ0n) is 8.61. The number of hydrogen-bond acceptors (Lipinski definition) is 1. The van der Waals surface area contributed by atoms with Crippen LogP contribution in [0.5, 0.6) is 0 Å². The third kappa shape index (κ3) is 1.76. The Hall–Kier alpha value is -1.00. The van der Waals surface area contributed by atoms with E-state index in [1.807, 2.05) is 0 Å². The minimum Gasteiger partial charge on any atom is -0.255 e. The van der Waals surface area contributed by atoms with Crippen molar-refractivity contribution in [2.24, 2.45) is 0 Å². The number of hydrogen-bond donors (Lipinski definition) is 0. The highest BCUT2D eigenvalue weighted by Crippen LogP contribution is 2.28. The van der Waals surface area contributed by atoms with Gasteiger partial charge in [0.1, 0.15) is 5.69 Å². The molecule has 0 atom stereocenters. The van der Waals surface area contributed by atoms with Gasteiger partial charge in [0, 0.05) is 5.56 Å². The maximum absolute atomic E-state index is 13.0. The lowest BCUT2D eigenvalue weighted by Gasteiger charge is -2.22. The zero-order valence-corrected chi connectivity index (χ0v) is 8.61. The Balaban J connectivity index is 3.37. The molecule has 2 nitrogen and oxygen atoms in total. The molecule has 0 unspecified atom stereocenters. The summed E-state index contributed by atoms with van der Waals surface area (Å²) in [5.74, 6) is -0.824. The lowest BCUT2D eigenvalue weighted by Crippen LogP contribution is -2.25. The van der Waals surface area contributed by atoms with E-state index in [9.17, 15) is 13.2 Å². The van der Waals surface area contributed by atoms with E-state index in [1.165, 1.54) is 6.92 Å². The number of rotatable bonds is 1. The number of aromatic nitrogens is 2. The third-order valence-electron chi connectivity index (χ3n) is 1.95. The van der Waals surface area contributed by atoms with Gasteiger partial charge in [0.05, 0.1) is 5.54 Å². The fourth-order valence-corrected chi connectivity index (χ4v) is 1.25. The highest BCUT2D eigenvalue weighted by atomic mass is 19.3. The molecule has 1 aromatic rings. The van der Waals surface area contributed by atoms with Crippen molar-refractivity contribution in [3.05, 3.63) is 17.2 Å². The van der Waals surface area contributed by atoms with Gasteiger partial charge in [0.25, 0.3) is 6.43 Å². The predicted octanol–water partition coefficient (Wildman–Crippen LogP) is 3.02. The highest BCUT2D eigenvalue weighted by Gasteiger charge is 2.28. The van der Waals surface area contributed by atoms with Gasteiger partial charge in [0.2, 0.25) is 5.95 Å². The molecule has 80 valence electrons. The van der Waals surface area contributed by atoms with E-state index in [1.54, 1.807) is 20.8 Å². The average Bonchev–Trinajstić information content (AvgIpc) is 2.27. The van der Waals surface area contributed by atoms with Crippen LogP contribution in [0.4, 0.5) is 13.2 Å². The van der Waals surface area contributed by atoms with Crippen LogP contribution in [0.15, 0.2) is 0 Å². The van der Waals surface area contributed by atoms with E-state index < -0.39 is 17.9 Å². The summed E-state index contributed by atoms with van der Waals surface area (Å²) in [6, 6.07) is 0. The Morgan fingerprint density at radius 3 is 2.07 bits per heavy atom. The number of alkyl halides is 2. The summed E-state index contributed by atoms with van der Waals surface area (Å²) in [5, 5.41) is 3.47. The van der Waals surface area contributed by atoms with E-state index in [2.05, 4.69) is 5.10 Å². The Morgan fingerprint density at radius 1 is 1.29 bits per heavy atom. The summed E-state index contributed by atoms with van der Waals surface area (Å²) in [6.07, 6.45) is -2.70.